The van der Waals surface area contributed by atoms with Gasteiger partial charge in [0, 0.05) is 6.04 Å². The number of nitrogens with one attached hydrogen (secondary N) is 1. The Bertz CT molecular complexity index is 270. The first kappa shape index (κ1) is 14.9. The third kappa shape index (κ3) is 4.51. The van der Waals surface area contributed by atoms with Crippen molar-refractivity contribution in [3.63, 3.8) is 0 Å². The first-order chi connectivity index (χ1) is 6.72. The molecule has 92 valence electrons. The molecule has 0 saturated carbocycles. The van der Waals surface area contributed by atoms with E-state index in [-0.39, 0.29) is 23.0 Å². The maximum Gasteiger partial charge on any atom is 0.154 e. The molecule has 0 aliphatic rings. The predicted octanol–water partition coefficient (Wildman–Crippen LogP) is 1.69. The van der Waals surface area contributed by atoms with Crippen molar-refractivity contribution in [1.82, 2.24) is 5.32 Å². The summed E-state index contributed by atoms with van der Waals surface area (Å²) in [7, 11) is -1.16. The lowest BCUT2D eigenvalue weighted by Crippen LogP contribution is -2.41. The molecule has 0 aromatic heterocycles. The SMILES string of the molecule is CNC(CS(=O)(=O)C(C)C(C)C)C(C)C. The van der Waals surface area contributed by atoms with Gasteiger partial charge in [-0.1, -0.05) is 27.7 Å². The molecular formula is C11H25NO2S. The van der Waals surface area contributed by atoms with Gasteiger partial charge in [-0.2, -0.15) is 0 Å². The fraction of sp³-hybridized carbons (Fsp3) is 1.00. The molecule has 0 aromatic rings. The van der Waals surface area contributed by atoms with Gasteiger partial charge in [-0.3, -0.25) is 0 Å². The second-order valence-electron chi connectivity index (χ2n) is 4.92. The number of hydrogen-bond acceptors (Lipinski definition) is 3. The molecule has 3 nitrogen and oxygen atoms in total. The van der Waals surface area contributed by atoms with Crippen molar-refractivity contribution in [2.45, 2.75) is 45.9 Å². The summed E-state index contributed by atoms with van der Waals surface area (Å²) in [6.07, 6.45) is 0. The van der Waals surface area contributed by atoms with E-state index in [0.29, 0.717) is 5.92 Å². The smallest absolute Gasteiger partial charge is 0.154 e. The molecule has 0 heterocycles. The minimum atomic E-state index is -2.98. The molecular weight excluding hydrogens is 210 g/mol. The zero-order valence-corrected chi connectivity index (χ0v) is 11.6. The minimum Gasteiger partial charge on any atom is -0.316 e. The largest absolute Gasteiger partial charge is 0.316 e. The van der Waals surface area contributed by atoms with Crippen LogP contribution in [0.15, 0.2) is 0 Å². The molecule has 0 fully saturated rings. The zero-order valence-electron chi connectivity index (χ0n) is 10.7. The van der Waals surface area contributed by atoms with Crippen molar-refractivity contribution in [2.24, 2.45) is 11.8 Å². The Morgan fingerprint density at radius 2 is 1.47 bits per heavy atom. The van der Waals surface area contributed by atoms with Crippen LogP contribution >= 0.6 is 0 Å². The van der Waals surface area contributed by atoms with Gasteiger partial charge in [-0.25, -0.2) is 8.42 Å². The molecule has 0 spiro atoms. The normalized spacial score (nSPS) is 17.1. The van der Waals surface area contributed by atoms with E-state index in [1.165, 1.54) is 0 Å². The van der Waals surface area contributed by atoms with Gasteiger partial charge in [-0.15, -0.1) is 0 Å². The van der Waals surface area contributed by atoms with Crippen molar-refractivity contribution >= 4 is 9.84 Å². The molecule has 0 rings (SSSR count). The second kappa shape index (κ2) is 5.85. The topological polar surface area (TPSA) is 46.2 Å². The van der Waals surface area contributed by atoms with Crippen LogP contribution in [0.4, 0.5) is 0 Å². The summed E-state index contributed by atoms with van der Waals surface area (Å²) in [5.41, 5.74) is 0. The summed E-state index contributed by atoms with van der Waals surface area (Å²) in [5, 5.41) is 2.81. The Balaban J connectivity index is 4.63. The van der Waals surface area contributed by atoms with Gasteiger partial charge in [0.2, 0.25) is 0 Å². The van der Waals surface area contributed by atoms with E-state index in [9.17, 15) is 8.42 Å². The van der Waals surface area contributed by atoms with Gasteiger partial charge in [-0.05, 0) is 25.8 Å². The average molecular weight is 235 g/mol. The lowest BCUT2D eigenvalue weighted by molar-refractivity contribution is 0.449. The fourth-order valence-corrected chi connectivity index (χ4v) is 3.61. The van der Waals surface area contributed by atoms with Crippen molar-refractivity contribution in [2.75, 3.05) is 12.8 Å². The van der Waals surface area contributed by atoms with Crippen molar-refractivity contribution < 1.29 is 8.42 Å². The highest BCUT2D eigenvalue weighted by Gasteiger charge is 2.27. The van der Waals surface area contributed by atoms with Gasteiger partial charge < -0.3 is 5.32 Å². The maximum atomic E-state index is 12.0. The molecule has 0 radical (unpaired) electrons. The van der Waals surface area contributed by atoms with E-state index >= 15 is 0 Å². The molecule has 0 aliphatic carbocycles. The molecule has 0 aliphatic heterocycles. The summed E-state index contributed by atoms with van der Waals surface area (Å²) in [6.45, 7) is 9.78. The number of hydrogen-bond donors (Lipinski definition) is 1. The van der Waals surface area contributed by atoms with E-state index in [2.05, 4.69) is 5.32 Å². The molecule has 15 heavy (non-hydrogen) atoms. The molecule has 4 heteroatoms. The molecule has 2 unspecified atom stereocenters. The van der Waals surface area contributed by atoms with Gasteiger partial charge in [0.25, 0.3) is 0 Å². The van der Waals surface area contributed by atoms with Crippen molar-refractivity contribution in [3.05, 3.63) is 0 Å². The number of sulfone groups is 1. The summed E-state index contributed by atoms with van der Waals surface area (Å²) in [6, 6.07) is 0.0520. The van der Waals surface area contributed by atoms with Crippen LogP contribution in [0.5, 0.6) is 0 Å². The van der Waals surface area contributed by atoms with Crippen molar-refractivity contribution in [1.29, 1.82) is 0 Å². The zero-order chi connectivity index (χ0) is 12.2. The third-order valence-electron chi connectivity index (χ3n) is 3.09. The fourth-order valence-electron chi connectivity index (χ4n) is 1.43. The van der Waals surface area contributed by atoms with E-state index < -0.39 is 9.84 Å². The Morgan fingerprint density at radius 3 is 1.73 bits per heavy atom. The van der Waals surface area contributed by atoms with E-state index in [1.54, 1.807) is 6.92 Å². The summed E-state index contributed by atoms with van der Waals surface area (Å²) in [4.78, 5) is 0. The quantitative estimate of drug-likeness (QED) is 0.762. The molecule has 0 amide bonds. The molecule has 0 aromatic carbocycles. The predicted molar refractivity (Wildman–Crippen MR) is 65.8 cm³/mol. The molecule has 2 atom stereocenters. The van der Waals surface area contributed by atoms with E-state index in [4.69, 9.17) is 0 Å². The van der Waals surface area contributed by atoms with Gasteiger partial charge >= 0.3 is 0 Å². The molecule has 0 saturated heterocycles. The van der Waals surface area contributed by atoms with Crippen LogP contribution in [0.25, 0.3) is 0 Å². The van der Waals surface area contributed by atoms with Gasteiger partial charge in [0.15, 0.2) is 9.84 Å². The average Bonchev–Trinajstić information content (AvgIpc) is 2.12. The first-order valence-electron chi connectivity index (χ1n) is 5.61. The van der Waals surface area contributed by atoms with Crippen LogP contribution in [0, 0.1) is 11.8 Å². The van der Waals surface area contributed by atoms with Crippen LogP contribution in [0.2, 0.25) is 0 Å². The van der Waals surface area contributed by atoms with Gasteiger partial charge in [0.1, 0.15) is 0 Å². The second-order valence-corrected chi connectivity index (χ2v) is 7.32. The molecule has 0 bridgehead atoms. The summed E-state index contributed by atoms with van der Waals surface area (Å²) < 4.78 is 24.0. The van der Waals surface area contributed by atoms with Crippen LogP contribution in [0.3, 0.4) is 0 Å². The monoisotopic (exact) mass is 235 g/mol. The van der Waals surface area contributed by atoms with Gasteiger partial charge in [0.05, 0.1) is 11.0 Å². The summed E-state index contributed by atoms with van der Waals surface area (Å²) >= 11 is 0. The Kier molecular flexibility index (Phi) is 5.81. The maximum absolute atomic E-state index is 12.0. The lowest BCUT2D eigenvalue weighted by Gasteiger charge is -2.23. The highest BCUT2D eigenvalue weighted by atomic mass is 32.2. The molecule has 1 N–H and O–H groups in total. The van der Waals surface area contributed by atoms with Crippen LogP contribution in [0.1, 0.15) is 34.6 Å². The number of rotatable bonds is 6. The first-order valence-corrected chi connectivity index (χ1v) is 7.32. The Hall–Kier alpha value is -0.0900. The van der Waals surface area contributed by atoms with Crippen LogP contribution in [-0.4, -0.2) is 32.5 Å². The van der Waals surface area contributed by atoms with Crippen LogP contribution in [-0.2, 0) is 9.84 Å². The Morgan fingerprint density at radius 1 is 1.00 bits per heavy atom. The Labute approximate surface area is 94.6 Å². The highest BCUT2D eigenvalue weighted by molar-refractivity contribution is 7.92. The highest BCUT2D eigenvalue weighted by Crippen LogP contribution is 2.15. The minimum absolute atomic E-state index is 0.0520. The summed E-state index contributed by atoms with van der Waals surface area (Å²) in [5.74, 6) is 0.754. The van der Waals surface area contributed by atoms with E-state index in [1.807, 2.05) is 34.7 Å². The lowest BCUT2D eigenvalue weighted by atomic mass is 10.1. The van der Waals surface area contributed by atoms with Crippen molar-refractivity contribution in [3.8, 4) is 0 Å². The van der Waals surface area contributed by atoms with Crippen LogP contribution < -0.4 is 5.32 Å². The standard InChI is InChI=1S/C11H25NO2S/c1-8(2)10(5)15(13,14)7-11(12-6)9(3)4/h8-12H,7H2,1-6H3. The van der Waals surface area contributed by atoms with E-state index in [0.717, 1.165) is 0 Å². The third-order valence-corrected chi connectivity index (χ3v) is 5.59.